The van der Waals surface area contributed by atoms with Crippen LogP contribution < -0.4 is 10.9 Å². The number of aryl methyl sites for hydroxylation is 2. The number of hydrogen-bond acceptors (Lipinski definition) is 3. The van der Waals surface area contributed by atoms with E-state index in [1.807, 2.05) is 42.1 Å². The first kappa shape index (κ1) is 12.5. The fourth-order valence-corrected chi connectivity index (χ4v) is 2.32. The Bertz CT molecular complexity index is 816. The van der Waals surface area contributed by atoms with E-state index in [-0.39, 0.29) is 5.56 Å². The van der Waals surface area contributed by atoms with E-state index in [0.29, 0.717) is 6.54 Å². The maximum atomic E-state index is 12.0. The molecule has 0 radical (unpaired) electrons. The highest BCUT2D eigenvalue weighted by atomic mass is 16.1. The fraction of sp³-hybridized carbons (Fsp3) is 0.200. The van der Waals surface area contributed by atoms with Gasteiger partial charge in [0.2, 0.25) is 0 Å². The van der Waals surface area contributed by atoms with Crippen LogP contribution >= 0.6 is 0 Å². The Morgan fingerprint density at radius 3 is 2.75 bits per heavy atom. The molecule has 0 saturated heterocycles. The minimum atomic E-state index is -0.0174. The minimum absolute atomic E-state index is 0.0174. The molecule has 102 valence electrons. The SMILES string of the molecule is Cn1nccc1CNc1cc(=O)n(C)c2ccccc12. The number of nitrogens with one attached hydrogen (secondary N) is 1. The molecule has 2 heterocycles. The van der Waals surface area contributed by atoms with Gasteiger partial charge in [-0.25, -0.2) is 0 Å². The average molecular weight is 268 g/mol. The molecule has 3 aromatic rings. The average Bonchev–Trinajstić information content (AvgIpc) is 2.87. The van der Waals surface area contributed by atoms with Crippen LogP contribution in [-0.4, -0.2) is 14.3 Å². The van der Waals surface area contributed by atoms with Crippen LogP contribution in [0, 0.1) is 0 Å². The normalized spacial score (nSPS) is 10.9. The number of hydrogen-bond donors (Lipinski definition) is 1. The Hall–Kier alpha value is -2.56. The summed E-state index contributed by atoms with van der Waals surface area (Å²) in [6.07, 6.45) is 1.76. The van der Waals surface area contributed by atoms with Crippen molar-refractivity contribution in [2.75, 3.05) is 5.32 Å². The van der Waals surface area contributed by atoms with E-state index in [1.54, 1.807) is 23.9 Å². The Labute approximate surface area is 116 Å². The monoisotopic (exact) mass is 268 g/mol. The van der Waals surface area contributed by atoms with E-state index >= 15 is 0 Å². The van der Waals surface area contributed by atoms with E-state index in [0.717, 1.165) is 22.3 Å². The van der Waals surface area contributed by atoms with Crippen LogP contribution in [0.5, 0.6) is 0 Å². The van der Waals surface area contributed by atoms with Gasteiger partial charge in [-0.05, 0) is 12.1 Å². The molecule has 0 spiro atoms. The maximum Gasteiger partial charge on any atom is 0.252 e. The Morgan fingerprint density at radius 2 is 2.00 bits per heavy atom. The number of anilines is 1. The van der Waals surface area contributed by atoms with Gasteiger partial charge in [-0.2, -0.15) is 5.10 Å². The van der Waals surface area contributed by atoms with Gasteiger partial charge in [-0.15, -0.1) is 0 Å². The van der Waals surface area contributed by atoms with Crippen molar-refractivity contribution in [3.05, 3.63) is 58.6 Å². The Balaban J connectivity index is 2.01. The molecule has 5 heteroatoms. The van der Waals surface area contributed by atoms with Gasteiger partial charge in [0.1, 0.15) is 0 Å². The number of benzene rings is 1. The molecule has 0 aliphatic carbocycles. The summed E-state index contributed by atoms with van der Waals surface area (Å²) in [5.41, 5.74) is 2.82. The standard InChI is InChI=1S/C15H16N4O/c1-18-14-6-4-3-5-12(14)13(9-15(18)20)16-10-11-7-8-17-19(11)2/h3-9,16H,10H2,1-2H3. The minimum Gasteiger partial charge on any atom is -0.379 e. The first-order chi connectivity index (χ1) is 9.66. The number of fused-ring (bicyclic) bond motifs is 1. The van der Waals surface area contributed by atoms with Crippen molar-refractivity contribution in [3.8, 4) is 0 Å². The molecule has 3 rings (SSSR count). The third-order valence-corrected chi connectivity index (χ3v) is 3.54. The molecule has 0 aliphatic heterocycles. The van der Waals surface area contributed by atoms with E-state index in [1.165, 1.54) is 0 Å². The molecule has 20 heavy (non-hydrogen) atoms. The molecule has 0 bridgehead atoms. The summed E-state index contributed by atoms with van der Waals surface area (Å²) >= 11 is 0. The van der Waals surface area contributed by atoms with Crippen LogP contribution in [0.25, 0.3) is 10.9 Å². The summed E-state index contributed by atoms with van der Waals surface area (Å²) < 4.78 is 3.47. The molecule has 0 fully saturated rings. The number of nitrogens with zero attached hydrogens (tertiary/aromatic N) is 3. The third-order valence-electron chi connectivity index (χ3n) is 3.54. The third kappa shape index (κ3) is 2.07. The highest BCUT2D eigenvalue weighted by Crippen LogP contribution is 2.21. The summed E-state index contributed by atoms with van der Waals surface area (Å²) in [7, 11) is 3.69. The van der Waals surface area contributed by atoms with E-state index < -0.39 is 0 Å². The molecular weight excluding hydrogens is 252 g/mol. The zero-order chi connectivity index (χ0) is 14.1. The Kier molecular flexibility index (Phi) is 3.02. The van der Waals surface area contributed by atoms with Crippen LogP contribution in [0.1, 0.15) is 5.69 Å². The topological polar surface area (TPSA) is 51.9 Å². The molecule has 0 unspecified atom stereocenters. The predicted octanol–water partition coefficient (Wildman–Crippen LogP) is 1.88. The second kappa shape index (κ2) is 4.85. The zero-order valence-electron chi connectivity index (χ0n) is 11.5. The molecule has 0 atom stereocenters. The first-order valence-electron chi connectivity index (χ1n) is 6.46. The van der Waals surface area contributed by atoms with Crippen LogP contribution in [0.4, 0.5) is 5.69 Å². The molecule has 1 aromatic carbocycles. The number of pyridine rings is 1. The van der Waals surface area contributed by atoms with Gasteiger partial charge in [0.25, 0.3) is 5.56 Å². The second-order valence-electron chi connectivity index (χ2n) is 4.77. The summed E-state index contributed by atoms with van der Waals surface area (Å²) in [6.45, 7) is 0.633. The number of para-hydroxylation sites is 1. The van der Waals surface area contributed by atoms with Crippen LogP contribution in [0.3, 0.4) is 0 Å². The first-order valence-corrected chi connectivity index (χ1v) is 6.46. The molecule has 0 amide bonds. The second-order valence-corrected chi connectivity index (χ2v) is 4.77. The Morgan fingerprint density at radius 1 is 1.20 bits per heavy atom. The van der Waals surface area contributed by atoms with Gasteiger partial charge >= 0.3 is 0 Å². The molecular formula is C15H16N4O. The van der Waals surface area contributed by atoms with E-state index in [2.05, 4.69) is 10.4 Å². The van der Waals surface area contributed by atoms with E-state index in [9.17, 15) is 4.79 Å². The molecule has 5 nitrogen and oxygen atoms in total. The molecule has 0 aliphatic rings. The van der Waals surface area contributed by atoms with Gasteiger partial charge in [-0.3, -0.25) is 9.48 Å². The molecule has 1 N–H and O–H groups in total. The van der Waals surface area contributed by atoms with Crippen molar-refractivity contribution in [1.82, 2.24) is 14.3 Å². The maximum absolute atomic E-state index is 12.0. The summed E-state index contributed by atoms with van der Waals surface area (Å²) in [6, 6.07) is 11.5. The highest BCUT2D eigenvalue weighted by molar-refractivity contribution is 5.91. The van der Waals surface area contributed by atoms with Gasteiger partial charge in [0.15, 0.2) is 0 Å². The highest BCUT2D eigenvalue weighted by Gasteiger charge is 2.06. The summed E-state index contributed by atoms with van der Waals surface area (Å²) in [5.74, 6) is 0. The quantitative estimate of drug-likeness (QED) is 0.789. The smallest absolute Gasteiger partial charge is 0.252 e. The fourth-order valence-electron chi connectivity index (χ4n) is 2.32. The lowest BCUT2D eigenvalue weighted by atomic mass is 10.2. The van der Waals surface area contributed by atoms with Crippen molar-refractivity contribution in [2.24, 2.45) is 14.1 Å². The van der Waals surface area contributed by atoms with Crippen molar-refractivity contribution in [3.63, 3.8) is 0 Å². The number of aromatic nitrogens is 3. The van der Waals surface area contributed by atoms with Crippen LogP contribution in [-0.2, 0) is 20.6 Å². The lowest BCUT2D eigenvalue weighted by Gasteiger charge is -2.12. The van der Waals surface area contributed by atoms with Crippen molar-refractivity contribution in [2.45, 2.75) is 6.54 Å². The zero-order valence-corrected chi connectivity index (χ0v) is 11.5. The largest absolute Gasteiger partial charge is 0.379 e. The van der Waals surface area contributed by atoms with Crippen molar-refractivity contribution < 1.29 is 0 Å². The van der Waals surface area contributed by atoms with Crippen LogP contribution in [0.2, 0.25) is 0 Å². The van der Waals surface area contributed by atoms with Gasteiger partial charge in [-0.1, -0.05) is 18.2 Å². The van der Waals surface area contributed by atoms with Crippen molar-refractivity contribution >= 4 is 16.6 Å². The van der Waals surface area contributed by atoms with Gasteiger partial charge in [0, 0.05) is 37.4 Å². The van der Waals surface area contributed by atoms with E-state index in [4.69, 9.17) is 0 Å². The van der Waals surface area contributed by atoms with Crippen molar-refractivity contribution in [1.29, 1.82) is 0 Å². The van der Waals surface area contributed by atoms with Gasteiger partial charge < -0.3 is 9.88 Å². The molecule has 0 saturated carbocycles. The van der Waals surface area contributed by atoms with Crippen LogP contribution in [0.15, 0.2) is 47.4 Å². The summed E-state index contributed by atoms with van der Waals surface area (Å²) in [4.78, 5) is 12.0. The van der Waals surface area contributed by atoms with Gasteiger partial charge in [0.05, 0.1) is 17.8 Å². The molecule has 2 aromatic heterocycles. The lowest BCUT2D eigenvalue weighted by Crippen LogP contribution is -2.17. The predicted molar refractivity (Wildman–Crippen MR) is 79.7 cm³/mol. The summed E-state index contributed by atoms with van der Waals surface area (Å²) in [5, 5.41) is 8.50. The number of rotatable bonds is 3. The lowest BCUT2D eigenvalue weighted by molar-refractivity contribution is 0.720.